The van der Waals surface area contributed by atoms with Crippen LogP contribution in [0.25, 0.3) is 0 Å². The number of aromatic nitrogens is 2. The van der Waals surface area contributed by atoms with Gasteiger partial charge in [0, 0.05) is 18.3 Å². The van der Waals surface area contributed by atoms with Gasteiger partial charge in [0.1, 0.15) is 5.82 Å². The molecular weight excluding hydrogens is 296 g/mol. The molecule has 22 heavy (non-hydrogen) atoms. The van der Waals surface area contributed by atoms with Crippen molar-refractivity contribution in [2.75, 3.05) is 12.3 Å². The Kier molecular flexibility index (Phi) is 5.77. The van der Waals surface area contributed by atoms with E-state index in [0.717, 1.165) is 12.1 Å². The van der Waals surface area contributed by atoms with Crippen LogP contribution in [0, 0.1) is 6.92 Å². The first-order valence-electron chi connectivity index (χ1n) is 7.14. The zero-order valence-corrected chi connectivity index (χ0v) is 13.6. The van der Waals surface area contributed by atoms with Crippen LogP contribution in [0.5, 0.6) is 0 Å². The summed E-state index contributed by atoms with van der Waals surface area (Å²) in [6.45, 7) is 4.31. The van der Waals surface area contributed by atoms with Gasteiger partial charge in [0.15, 0.2) is 5.16 Å². The van der Waals surface area contributed by atoms with Crippen LogP contribution in [-0.4, -0.2) is 27.7 Å². The number of nitrogens with two attached hydrogens (primary N) is 1. The molecule has 1 amide bonds. The molecule has 0 saturated heterocycles. The molecule has 1 atom stereocenters. The molecule has 1 unspecified atom stereocenters. The van der Waals surface area contributed by atoms with Gasteiger partial charge in [-0.1, -0.05) is 42.1 Å². The minimum absolute atomic E-state index is 0.0235. The maximum Gasteiger partial charge on any atom is 0.233 e. The van der Waals surface area contributed by atoms with Gasteiger partial charge < -0.3 is 11.1 Å². The van der Waals surface area contributed by atoms with Crippen LogP contribution in [0.15, 0.2) is 41.6 Å². The number of anilines is 1. The van der Waals surface area contributed by atoms with Crippen molar-refractivity contribution >= 4 is 23.5 Å². The number of carbonyl (C=O) groups is 1. The van der Waals surface area contributed by atoms with E-state index in [1.54, 1.807) is 6.07 Å². The number of carbonyl (C=O) groups excluding carboxylic acids is 1. The summed E-state index contributed by atoms with van der Waals surface area (Å²) in [6.07, 6.45) is 0.817. The highest BCUT2D eigenvalue weighted by Crippen LogP contribution is 2.20. The van der Waals surface area contributed by atoms with E-state index in [1.807, 2.05) is 44.2 Å². The molecule has 2 aromatic rings. The Hall–Kier alpha value is -2.08. The molecule has 3 N–H and O–H groups in total. The molecule has 6 heteroatoms. The third-order valence-electron chi connectivity index (χ3n) is 3.06. The molecule has 0 spiro atoms. The molecule has 0 saturated carbocycles. The van der Waals surface area contributed by atoms with E-state index in [0.29, 0.717) is 17.5 Å². The van der Waals surface area contributed by atoms with Gasteiger partial charge >= 0.3 is 0 Å². The van der Waals surface area contributed by atoms with E-state index in [2.05, 4.69) is 15.3 Å². The normalized spacial score (nSPS) is 11.9. The van der Waals surface area contributed by atoms with Crippen LogP contribution >= 0.6 is 11.8 Å². The van der Waals surface area contributed by atoms with Crippen LogP contribution in [0.4, 0.5) is 5.82 Å². The number of benzene rings is 1. The average Bonchev–Trinajstić information content (AvgIpc) is 2.47. The Morgan fingerprint density at radius 1 is 1.32 bits per heavy atom. The molecule has 116 valence electrons. The predicted molar refractivity (Wildman–Crippen MR) is 89.7 cm³/mol. The highest BCUT2D eigenvalue weighted by atomic mass is 32.2. The maximum atomic E-state index is 12.1. The van der Waals surface area contributed by atoms with Crippen molar-refractivity contribution < 1.29 is 4.79 Å². The molecule has 0 aliphatic heterocycles. The fourth-order valence-corrected chi connectivity index (χ4v) is 2.81. The molecule has 0 radical (unpaired) electrons. The molecule has 0 bridgehead atoms. The summed E-state index contributed by atoms with van der Waals surface area (Å²) in [5, 5.41) is 3.20. The quantitative estimate of drug-likeness (QED) is 0.631. The highest BCUT2D eigenvalue weighted by Gasteiger charge is 2.16. The Balaban J connectivity index is 1.81. The van der Waals surface area contributed by atoms with Gasteiger partial charge in [0.2, 0.25) is 5.91 Å². The van der Waals surface area contributed by atoms with Crippen LogP contribution in [0.1, 0.15) is 18.2 Å². The molecule has 1 heterocycles. The number of nitrogens with one attached hydrogen (secondary N) is 1. The summed E-state index contributed by atoms with van der Waals surface area (Å²) in [4.78, 5) is 20.5. The standard InChI is InChI=1S/C16H20N4OS/c1-11-10-14(17)20-16(19-11)22-12(2)15(21)18-9-8-13-6-4-3-5-7-13/h3-7,10,12H,8-9H2,1-2H3,(H,18,21)(H2,17,19,20). The molecule has 0 aliphatic carbocycles. The third-order valence-corrected chi connectivity index (χ3v) is 4.02. The zero-order chi connectivity index (χ0) is 15.9. The first-order valence-corrected chi connectivity index (χ1v) is 8.02. The van der Waals surface area contributed by atoms with Gasteiger partial charge in [0.05, 0.1) is 5.25 Å². The van der Waals surface area contributed by atoms with Crippen molar-refractivity contribution in [3.8, 4) is 0 Å². The predicted octanol–water partition coefficient (Wildman–Crippen LogP) is 2.21. The first kappa shape index (κ1) is 16.3. The van der Waals surface area contributed by atoms with Gasteiger partial charge in [-0.05, 0) is 25.8 Å². The first-order chi connectivity index (χ1) is 10.5. The van der Waals surface area contributed by atoms with E-state index >= 15 is 0 Å². The Morgan fingerprint density at radius 2 is 2.05 bits per heavy atom. The number of thioether (sulfide) groups is 1. The average molecular weight is 316 g/mol. The minimum Gasteiger partial charge on any atom is -0.384 e. The number of rotatable bonds is 6. The maximum absolute atomic E-state index is 12.1. The summed E-state index contributed by atoms with van der Waals surface area (Å²) in [6, 6.07) is 11.8. The monoisotopic (exact) mass is 316 g/mol. The smallest absolute Gasteiger partial charge is 0.233 e. The van der Waals surface area contributed by atoms with Crippen LogP contribution in [0.2, 0.25) is 0 Å². The molecule has 1 aromatic carbocycles. The Labute approximate surface area is 134 Å². The lowest BCUT2D eigenvalue weighted by atomic mass is 10.1. The van der Waals surface area contributed by atoms with Crippen molar-refractivity contribution in [3.05, 3.63) is 47.7 Å². The minimum atomic E-state index is -0.267. The number of nitrogen functional groups attached to an aromatic ring is 1. The fraction of sp³-hybridized carbons (Fsp3) is 0.312. The number of amides is 1. The molecule has 2 rings (SSSR count). The summed E-state index contributed by atoms with van der Waals surface area (Å²) < 4.78 is 0. The van der Waals surface area contributed by atoms with Crippen molar-refractivity contribution in [2.45, 2.75) is 30.7 Å². The molecule has 0 aliphatic rings. The fourth-order valence-electron chi connectivity index (χ4n) is 1.95. The van der Waals surface area contributed by atoms with E-state index in [1.165, 1.54) is 17.3 Å². The SMILES string of the molecule is Cc1cc(N)nc(SC(C)C(=O)NCCc2ccccc2)n1. The summed E-state index contributed by atoms with van der Waals surface area (Å²) in [7, 11) is 0. The van der Waals surface area contributed by atoms with Crippen LogP contribution < -0.4 is 11.1 Å². The van der Waals surface area contributed by atoms with Gasteiger partial charge in [-0.15, -0.1) is 0 Å². The Bertz CT molecular complexity index is 613. The van der Waals surface area contributed by atoms with Gasteiger partial charge in [-0.2, -0.15) is 0 Å². The number of hydrogen-bond acceptors (Lipinski definition) is 5. The van der Waals surface area contributed by atoms with E-state index in [-0.39, 0.29) is 11.2 Å². The second-order valence-corrected chi connectivity index (χ2v) is 6.31. The second kappa shape index (κ2) is 7.79. The Morgan fingerprint density at radius 3 is 2.73 bits per heavy atom. The van der Waals surface area contributed by atoms with Gasteiger partial charge in [-0.25, -0.2) is 9.97 Å². The lowest BCUT2D eigenvalue weighted by Crippen LogP contribution is -2.32. The molecule has 0 fully saturated rings. The second-order valence-electron chi connectivity index (χ2n) is 5.00. The van der Waals surface area contributed by atoms with Gasteiger partial charge in [-0.3, -0.25) is 4.79 Å². The summed E-state index contributed by atoms with van der Waals surface area (Å²) in [5.41, 5.74) is 7.70. The van der Waals surface area contributed by atoms with Crippen molar-refractivity contribution in [3.63, 3.8) is 0 Å². The molecule has 1 aromatic heterocycles. The molecule has 5 nitrogen and oxygen atoms in total. The van der Waals surface area contributed by atoms with E-state index < -0.39 is 0 Å². The van der Waals surface area contributed by atoms with Gasteiger partial charge in [0.25, 0.3) is 0 Å². The lowest BCUT2D eigenvalue weighted by Gasteiger charge is -2.11. The molecular formula is C16H20N4OS. The number of nitrogens with zero attached hydrogens (tertiary/aromatic N) is 2. The van der Waals surface area contributed by atoms with Crippen molar-refractivity contribution in [1.82, 2.24) is 15.3 Å². The van der Waals surface area contributed by atoms with E-state index in [9.17, 15) is 4.79 Å². The highest BCUT2D eigenvalue weighted by molar-refractivity contribution is 8.00. The van der Waals surface area contributed by atoms with Crippen molar-refractivity contribution in [1.29, 1.82) is 0 Å². The summed E-state index contributed by atoms with van der Waals surface area (Å²) in [5.74, 6) is 0.399. The van der Waals surface area contributed by atoms with Crippen LogP contribution in [0.3, 0.4) is 0 Å². The van der Waals surface area contributed by atoms with E-state index in [4.69, 9.17) is 5.73 Å². The largest absolute Gasteiger partial charge is 0.384 e. The number of hydrogen-bond donors (Lipinski definition) is 2. The lowest BCUT2D eigenvalue weighted by molar-refractivity contribution is -0.120. The van der Waals surface area contributed by atoms with Crippen molar-refractivity contribution in [2.24, 2.45) is 0 Å². The number of aryl methyl sites for hydroxylation is 1. The summed E-state index contributed by atoms with van der Waals surface area (Å²) >= 11 is 1.31. The third kappa shape index (κ3) is 5.04. The van der Waals surface area contributed by atoms with Crippen LogP contribution in [-0.2, 0) is 11.2 Å². The zero-order valence-electron chi connectivity index (χ0n) is 12.7. The topological polar surface area (TPSA) is 80.9 Å².